The van der Waals surface area contributed by atoms with Gasteiger partial charge in [-0.1, -0.05) is 12.1 Å². The van der Waals surface area contributed by atoms with E-state index in [0.717, 1.165) is 68.9 Å². The third-order valence-corrected chi connectivity index (χ3v) is 8.29. The van der Waals surface area contributed by atoms with Crippen molar-refractivity contribution in [2.24, 2.45) is 17.8 Å². The molecule has 3 amide bonds. The Kier molecular flexibility index (Phi) is 5.32. The van der Waals surface area contributed by atoms with Crippen molar-refractivity contribution in [3.8, 4) is 5.75 Å². The highest BCUT2D eigenvalue weighted by Crippen LogP contribution is 2.55. The Morgan fingerprint density at radius 2 is 1.65 bits per heavy atom. The van der Waals surface area contributed by atoms with Crippen LogP contribution in [0.3, 0.4) is 0 Å². The van der Waals surface area contributed by atoms with Crippen LogP contribution in [0.1, 0.15) is 45.4 Å². The first kappa shape index (κ1) is 20.6. The molecule has 7 heteroatoms. The summed E-state index contributed by atoms with van der Waals surface area (Å²) in [5.41, 5.74) is 0.756. The second-order valence-corrected chi connectivity index (χ2v) is 10.5. The Bertz CT molecular complexity index is 814. The van der Waals surface area contributed by atoms with Crippen LogP contribution in [0.4, 0.5) is 10.5 Å². The molecule has 0 spiro atoms. The molecule has 4 bridgehead atoms. The van der Waals surface area contributed by atoms with Crippen LogP contribution in [-0.2, 0) is 4.79 Å². The number of hydrogen-bond donors (Lipinski definition) is 4. The van der Waals surface area contributed by atoms with E-state index in [2.05, 4.69) is 15.5 Å². The minimum atomic E-state index is -0.314. The molecule has 4 N–H and O–H groups in total. The number of urea groups is 1. The number of nitrogens with one attached hydrogen (secondary N) is 3. The van der Waals surface area contributed by atoms with Gasteiger partial charge in [0.15, 0.2) is 6.04 Å². The molecule has 4 aliphatic carbocycles. The predicted octanol–water partition coefficient (Wildman–Crippen LogP) is 1.28. The molecule has 6 rings (SSSR count). The van der Waals surface area contributed by atoms with Gasteiger partial charge >= 0.3 is 6.03 Å². The molecule has 168 valence electrons. The summed E-state index contributed by atoms with van der Waals surface area (Å²) in [5.74, 6) is 2.36. The third-order valence-electron chi connectivity index (χ3n) is 8.29. The molecule has 1 aromatic carbocycles. The molecule has 0 aromatic heterocycles. The van der Waals surface area contributed by atoms with Gasteiger partial charge < -0.3 is 20.2 Å². The van der Waals surface area contributed by atoms with Gasteiger partial charge in [0.25, 0.3) is 5.91 Å². The number of quaternary nitrogens is 1. The first-order chi connectivity index (χ1) is 14.9. The van der Waals surface area contributed by atoms with Crippen molar-refractivity contribution < 1.29 is 19.6 Å². The number of para-hydroxylation sites is 2. The Labute approximate surface area is 184 Å². The lowest BCUT2D eigenvalue weighted by molar-refractivity contribution is -0.914. The summed E-state index contributed by atoms with van der Waals surface area (Å²) >= 11 is 0. The summed E-state index contributed by atoms with van der Waals surface area (Å²) < 4.78 is 0. The molecule has 7 nitrogen and oxygen atoms in total. The van der Waals surface area contributed by atoms with E-state index in [1.54, 1.807) is 6.07 Å². The number of imide groups is 1. The highest BCUT2D eigenvalue weighted by Gasteiger charge is 2.51. The third kappa shape index (κ3) is 4.12. The molecule has 0 radical (unpaired) electrons. The topological polar surface area (TPSA) is 86.1 Å². The van der Waals surface area contributed by atoms with Crippen molar-refractivity contribution in [1.82, 2.24) is 10.6 Å². The molecule has 1 aromatic rings. The van der Waals surface area contributed by atoms with Gasteiger partial charge in [0, 0.05) is 5.54 Å². The molecule has 5 fully saturated rings. The second-order valence-electron chi connectivity index (χ2n) is 10.5. The number of hydrogen-bond acceptors (Lipinski definition) is 4. The summed E-state index contributed by atoms with van der Waals surface area (Å²) in [4.78, 5) is 28.8. The molecule has 1 saturated heterocycles. The van der Waals surface area contributed by atoms with Crippen molar-refractivity contribution in [3.63, 3.8) is 0 Å². The summed E-state index contributed by atoms with van der Waals surface area (Å²) in [6.07, 6.45) is 7.22. The number of rotatable bonds is 4. The Morgan fingerprint density at radius 1 is 1.06 bits per heavy atom. The first-order valence-electron chi connectivity index (χ1n) is 11.9. The SMILES string of the molecule is C[C@H](C(=O)NC(=O)NC12CC3CC(CC(C3)C1)C2)[NH+]1CCN(c2ccccc2O)CC1. The average Bonchev–Trinajstić information content (AvgIpc) is 2.72. The summed E-state index contributed by atoms with van der Waals surface area (Å²) in [5, 5.41) is 16.0. The van der Waals surface area contributed by atoms with E-state index in [-0.39, 0.29) is 29.3 Å². The van der Waals surface area contributed by atoms with Crippen LogP contribution in [-0.4, -0.2) is 54.8 Å². The lowest BCUT2D eigenvalue weighted by Gasteiger charge is -2.56. The number of carbonyl (C=O) groups excluding carboxylic acids is 2. The summed E-state index contributed by atoms with van der Waals surface area (Å²) in [6, 6.07) is 6.77. The standard InChI is InChI=1S/C24H34N4O3/c1-16(27-6-8-28(9-7-27)20-4-2-3-5-21(20)29)22(30)25-23(31)26-24-13-17-10-18(14-24)12-19(11-17)15-24/h2-5,16-19,29H,6-15H2,1H3,(H2,25,26,30,31)/p+1/t16-,17?,18?,19?,24?/m1/s1. The fourth-order valence-electron chi connectivity index (χ4n) is 7.14. The second kappa shape index (κ2) is 8.01. The van der Waals surface area contributed by atoms with Crippen LogP contribution >= 0.6 is 0 Å². The van der Waals surface area contributed by atoms with E-state index < -0.39 is 0 Å². The average molecular weight is 428 g/mol. The van der Waals surface area contributed by atoms with Crippen molar-refractivity contribution in [2.75, 3.05) is 31.1 Å². The Balaban J connectivity index is 1.12. The number of aromatic hydroxyl groups is 1. The smallest absolute Gasteiger partial charge is 0.322 e. The Hall–Kier alpha value is -2.28. The number of benzene rings is 1. The molecule has 0 unspecified atom stereocenters. The molecule has 1 atom stereocenters. The highest BCUT2D eigenvalue weighted by atomic mass is 16.3. The monoisotopic (exact) mass is 427 g/mol. The maximum Gasteiger partial charge on any atom is 0.322 e. The number of anilines is 1. The van der Waals surface area contributed by atoms with Crippen molar-refractivity contribution >= 4 is 17.6 Å². The number of piperazine rings is 1. The van der Waals surface area contributed by atoms with Crippen LogP contribution in [0.25, 0.3) is 0 Å². The minimum Gasteiger partial charge on any atom is -0.506 e. The maximum atomic E-state index is 12.8. The predicted molar refractivity (Wildman–Crippen MR) is 118 cm³/mol. The number of phenolic OH excluding ortho intramolecular Hbond substituents is 1. The molecule has 1 heterocycles. The quantitative estimate of drug-likeness (QED) is 0.583. The zero-order valence-corrected chi connectivity index (χ0v) is 18.4. The number of phenols is 1. The van der Waals surface area contributed by atoms with Gasteiger partial charge in [-0.3, -0.25) is 10.1 Å². The van der Waals surface area contributed by atoms with Crippen LogP contribution in [0.15, 0.2) is 24.3 Å². The van der Waals surface area contributed by atoms with Gasteiger partial charge in [-0.25, -0.2) is 4.79 Å². The van der Waals surface area contributed by atoms with Gasteiger partial charge in [0.2, 0.25) is 0 Å². The van der Waals surface area contributed by atoms with E-state index in [4.69, 9.17) is 0 Å². The molecular formula is C24H35N4O3+. The number of amides is 3. The molecule has 31 heavy (non-hydrogen) atoms. The van der Waals surface area contributed by atoms with Gasteiger partial charge in [0.1, 0.15) is 5.75 Å². The zero-order chi connectivity index (χ0) is 21.6. The normalized spacial score (nSPS) is 33.2. The van der Waals surface area contributed by atoms with Crippen LogP contribution in [0, 0.1) is 17.8 Å². The molecular weight excluding hydrogens is 392 g/mol. The van der Waals surface area contributed by atoms with Gasteiger partial charge in [0.05, 0.1) is 31.9 Å². The largest absolute Gasteiger partial charge is 0.506 e. The maximum absolute atomic E-state index is 12.8. The van der Waals surface area contributed by atoms with Gasteiger partial charge in [-0.05, 0) is 75.3 Å². The fourth-order valence-corrected chi connectivity index (χ4v) is 7.14. The summed E-state index contributed by atoms with van der Waals surface area (Å²) in [7, 11) is 0. The minimum absolute atomic E-state index is 0.0848. The highest BCUT2D eigenvalue weighted by molar-refractivity contribution is 5.96. The van der Waals surface area contributed by atoms with E-state index in [9.17, 15) is 14.7 Å². The van der Waals surface area contributed by atoms with E-state index in [1.807, 2.05) is 25.1 Å². The van der Waals surface area contributed by atoms with Crippen LogP contribution in [0.2, 0.25) is 0 Å². The molecule has 5 aliphatic rings. The van der Waals surface area contributed by atoms with Gasteiger partial charge in [-0.15, -0.1) is 0 Å². The van der Waals surface area contributed by atoms with Crippen LogP contribution in [0.5, 0.6) is 5.75 Å². The lowest BCUT2D eigenvalue weighted by Crippen LogP contribution is -3.19. The van der Waals surface area contributed by atoms with E-state index in [0.29, 0.717) is 0 Å². The van der Waals surface area contributed by atoms with E-state index >= 15 is 0 Å². The van der Waals surface area contributed by atoms with E-state index in [1.165, 1.54) is 24.2 Å². The summed E-state index contributed by atoms with van der Waals surface area (Å²) in [6.45, 7) is 5.02. The fraction of sp³-hybridized carbons (Fsp3) is 0.667. The molecule has 4 saturated carbocycles. The van der Waals surface area contributed by atoms with Crippen molar-refractivity contribution in [1.29, 1.82) is 0 Å². The van der Waals surface area contributed by atoms with Crippen molar-refractivity contribution in [3.05, 3.63) is 24.3 Å². The Morgan fingerprint density at radius 3 is 2.23 bits per heavy atom. The molecule has 1 aliphatic heterocycles. The van der Waals surface area contributed by atoms with Crippen LogP contribution < -0.4 is 20.4 Å². The van der Waals surface area contributed by atoms with Gasteiger partial charge in [-0.2, -0.15) is 0 Å². The van der Waals surface area contributed by atoms with Crippen molar-refractivity contribution in [2.45, 2.75) is 57.0 Å². The number of carbonyl (C=O) groups is 2. The number of nitrogens with zero attached hydrogens (tertiary/aromatic N) is 1. The lowest BCUT2D eigenvalue weighted by atomic mass is 9.53. The zero-order valence-electron chi connectivity index (χ0n) is 18.4. The first-order valence-corrected chi connectivity index (χ1v) is 11.9.